The highest BCUT2D eigenvalue weighted by Gasteiger charge is 2.52. The van der Waals surface area contributed by atoms with E-state index in [-0.39, 0.29) is 19.1 Å². The second-order valence-electron chi connectivity index (χ2n) is 8.70. The number of carbonyl (C=O) groups is 2. The highest BCUT2D eigenvalue weighted by atomic mass is 28.4. The van der Waals surface area contributed by atoms with Crippen LogP contribution in [-0.2, 0) is 27.9 Å². The molecule has 0 aromatic heterocycles. The molecular weight excluding hydrogens is 446 g/mol. The molecule has 0 aromatic rings. The van der Waals surface area contributed by atoms with E-state index in [1.165, 1.54) is 6.92 Å². The van der Waals surface area contributed by atoms with E-state index >= 15 is 0 Å². The number of amides is 1. The number of aliphatic hydroxyl groups is 1. The van der Waals surface area contributed by atoms with Crippen LogP contribution in [0.4, 0.5) is 0 Å². The van der Waals surface area contributed by atoms with E-state index in [4.69, 9.17) is 18.3 Å². The van der Waals surface area contributed by atoms with Crippen molar-refractivity contribution in [2.24, 2.45) is 0 Å². The zero-order valence-corrected chi connectivity index (χ0v) is 23.0. The fraction of sp³-hybridized carbons (Fsp3) is 0.909. The number of carbonyl (C=O) groups excluding carboxylic acids is 2. The molecule has 0 saturated carbocycles. The number of rotatable bonds is 15. The van der Waals surface area contributed by atoms with Gasteiger partial charge < -0.3 is 28.7 Å². The standard InChI is InChI=1S/C22H45NO7Si2/c1-8-31(9-2,10-3)29-21-18(14-24)28-19(15-27-16-25)20(23-17(7)26)22(21)30-32(11-4,12-5)13-6/h16,18-22,24H,8-15H2,1-7H3,(H,23,26)/t18-,19+,20?,21-,22-/m1/s1. The maximum Gasteiger partial charge on any atom is 0.293 e. The van der Waals surface area contributed by atoms with Gasteiger partial charge in [-0.2, -0.15) is 0 Å². The van der Waals surface area contributed by atoms with Crippen molar-refractivity contribution >= 4 is 29.0 Å². The van der Waals surface area contributed by atoms with E-state index in [0.717, 1.165) is 36.3 Å². The third-order valence-corrected chi connectivity index (χ3v) is 16.6. The van der Waals surface area contributed by atoms with Gasteiger partial charge in [0.05, 0.1) is 18.8 Å². The minimum atomic E-state index is -2.11. The summed E-state index contributed by atoms with van der Waals surface area (Å²) in [5.74, 6) is -0.216. The van der Waals surface area contributed by atoms with E-state index in [2.05, 4.69) is 46.9 Å². The second-order valence-corrected chi connectivity index (χ2v) is 18.1. The summed E-state index contributed by atoms with van der Waals surface area (Å²) in [6.07, 6.45) is -2.26. The van der Waals surface area contributed by atoms with Crippen molar-refractivity contribution in [3.63, 3.8) is 0 Å². The molecule has 1 amide bonds. The van der Waals surface area contributed by atoms with Gasteiger partial charge >= 0.3 is 0 Å². The van der Waals surface area contributed by atoms with Crippen LogP contribution in [0.2, 0.25) is 36.3 Å². The monoisotopic (exact) mass is 491 g/mol. The zero-order valence-electron chi connectivity index (χ0n) is 21.0. The van der Waals surface area contributed by atoms with Crippen LogP contribution in [-0.4, -0.2) is 77.8 Å². The first kappa shape index (κ1) is 29.2. The molecule has 5 atom stereocenters. The summed E-state index contributed by atoms with van der Waals surface area (Å²) < 4.78 is 25.0. The first-order valence-electron chi connectivity index (χ1n) is 12.2. The molecule has 0 radical (unpaired) electrons. The maximum absolute atomic E-state index is 12.2. The molecule has 8 nitrogen and oxygen atoms in total. The normalized spacial score (nSPS) is 26.6. The molecule has 32 heavy (non-hydrogen) atoms. The third-order valence-electron chi connectivity index (χ3n) is 7.31. The number of nitrogens with one attached hydrogen (secondary N) is 1. The van der Waals surface area contributed by atoms with Crippen LogP contribution in [0.5, 0.6) is 0 Å². The van der Waals surface area contributed by atoms with Gasteiger partial charge in [0.1, 0.15) is 24.9 Å². The minimum absolute atomic E-state index is 0.0334. The van der Waals surface area contributed by atoms with E-state index in [9.17, 15) is 14.7 Å². The predicted molar refractivity (Wildman–Crippen MR) is 130 cm³/mol. The summed E-state index contributed by atoms with van der Waals surface area (Å²) in [6.45, 7) is 14.5. The topological polar surface area (TPSA) is 103 Å². The molecule has 2 N–H and O–H groups in total. The minimum Gasteiger partial charge on any atom is -0.465 e. The summed E-state index contributed by atoms with van der Waals surface area (Å²) >= 11 is 0. The molecule has 1 rings (SSSR count). The van der Waals surface area contributed by atoms with E-state index in [1.54, 1.807) is 0 Å². The molecule has 0 spiro atoms. The largest absolute Gasteiger partial charge is 0.465 e. The molecule has 1 unspecified atom stereocenters. The van der Waals surface area contributed by atoms with Gasteiger partial charge in [-0.3, -0.25) is 9.59 Å². The summed E-state index contributed by atoms with van der Waals surface area (Å²) in [7, 11) is -4.20. The van der Waals surface area contributed by atoms with Crippen LogP contribution in [0.3, 0.4) is 0 Å². The average Bonchev–Trinajstić information content (AvgIpc) is 2.81. The Morgan fingerprint density at radius 3 is 1.75 bits per heavy atom. The average molecular weight is 492 g/mol. The smallest absolute Gasteiger partial charge is 0.293 e. The van der Waals surface area contributed by atoms with Crippen LogP contribution < -0.4 is 5.32 Å². The molecule has 0 bridgehead atoms. The van der Waals surface area contributed by atoms with Crippen molar-refractivity contribution < 1.29 is 33.0 Å². The Hall–Kier alpha value is -0.786. The number of hydrogen-bond acceptors (Lipinski definition) is 7. The van der Waals surface area contributed by atoms with Gasteiger partial charge in [-0.1, -0.05) is 41.5 Å². The van der Waals surface area contributed by atoms with Crippen LogP contribution in [0.25, 0.3) is 0 Å². The Labute approximate surface area is 196 Å². The quantitative estimate of drug-likeness (QED) is 0.268. The highest BCUT2D eigenvalue weighted by molar-refractivity contribution is 6.74. The molecule has 1 aliphatic rings. The Balaban J connectivity index is 3.53. The zero-order chi connectivity index (χ0) is 24.4. The molecule has 1 saturated heterocycles. The van der Waals surface area contributed by atoms with Crippen molar-refractivity contribution in [3.05, 3.63) is 0 Å². The number of aliphatic hydroxyl groups excluding tert-OH is 1. The highest BCUT2D eigenvalue weighted by Crippen LogP contribution is 2.35. The summed E-state index contributed by atoms with van der Waals surface area (Å²) in [5, 5.41) is 13.2. The molecule has 0 aliphatic carbocycles. The summed E-state index contributed by atoms with van der Waals surface area (Å²) in [4.78, 5) is 23.0. The van der Waals surface area contributed by atoms with Gasteiger partial charge in [-0.05, 0) is 36.3 Å². The van der Waals surface area contributed by atoms with Gasteiger partial charge in [0.25, 0.3) is 6.47 Å². The number of ether oxygens (including phenoxy) is 2. The van der Waals surface area contributed by atoms with E-state index in [1.807, 2.05) is 0 Å². The van der Waals surface area contributed by atoms with Crippen LogP contribution in [0.15, 0.2) is 0 Å². The second kappa shape index (κ2) is 13.8. The van der Waals surface area contributed by atoms with Crippen molar-refractivity contribution in [2.75, 3.05) is 13.2 Å². The Bertz CT molecular complexity index is 556. The molecule has 10 heteroatoms. The van der Waals surface area contributed by atoms with Crippen molar-refractivity contribution in [1.29, 1.82) is 0 Å². The fourth-order valence-corrected chi connectivity index (χ4v) is 10.4. The lowest BCUT2D eigenvalue weighted by molar-refractivity contribution is -0.197. The molecule has 1 fully saturated rings. The Morgan fingerprint density at radius 1 is 0.906 bits per heavy atom. The third kappa shape index (κ3) is 7.10. The predicted octanol–water partition coefficient (Wildman–Crippen LogP) is 3.20. The lowest BCUT2D eigenvalue weighted by Gasteiger charge is -2.51. The lowest BCUT2D eigenvalue weighted by Crippen LogP contribution is -2.69. The van der Waals surface area contributed by atoms with Crippen molar-refractivity contribution in [3.8, 4) is 0 Å². The van der Waals surface area contributed by atoms with Gasteiger partial charge in [-0.15, -0.1) is 0 Å². The molecule has 1 aliphatic heterocycles. The fourth-order valence-electron chi connectivity index (χ4n) is 4.71. The van der Waals surface area contributed by atoms with Gasteiger partial charge in [0.2, 0.25) is 5.91 Å². The first-order chi connectivity index (χ1) is 15.2. The molecule has 188 valence electrons. The van der Waals surface area contributed by atoms with E-state index in [0.29, 0.717) is 6.47 Å². The van der Waals surface area contributed by atoms with Crippen LogP contribution in [0.1, 0.15) is 48.5 Å². The van der Waals surface area contributed by atoms with Crippen molar-refractivity contribution in [1.82, 2.24) is 5.32 Å². The van der Waals surface area contributed by atoms with Gasteiger partial charge in [-0.25, -0.2) is 0 Å². The molecule has 0 aromatic carbocycles. The Morgan fingerprint density at radius 2 is 1.38 bits per heavy atom. The van der Waals surface area contributed by atoms with Crippen molar-refractivity contribution in [2.45, 2.75) is 115 Å². The SMILES string of the molecule is CC[Si](CC)(CC)O[C@H]1[C@H](O[Si](CC)(CC)CC)C(NC(C)=O)[C@H](COC=O)O[C@@H]1CO. The van der Waals surface area contributed by atoms with Gasteiger partial charge in [0, 0.05) is 6.92 Å². The van der Waals surface area contributed by atoms with Gasteiger partial charge in [0.15, 0.2) is 16.6 Å². The maximum atomic E-state index is 12.2. The summed E-state index contributed by atoms with van der Waals surface area (Å²) in [5.41, 5.74) is 0. The molecular formula is C22H45NO7Si2. The van der Waals surface area contributed by atoms with Crippen LogP contribution >= 0.6 is 0 Å². The Kier molecular flexibility index (Phi) is 12.6. The van der Waals surface area contributed by atoms with E-state index < -0.39 is 47.1 Å². The first-order valence-corrected chi connectivity index (χ1v) is 17.2. The van der Waals surface area contributed by atoms with Crippen LogP contribution in [0, 0.1) is 0 Å². The number of hydrogen-bond donors (Lipinski definition) is 2. The molecule has 1 heterocycles. The summed E-state index contributed by atoms with van der Waals surface area (Å²) in [6, 6.07) is 5.11. The lowest BCUT2D eigenvalue weighted by atomic mass is 9.93.